The maximum absolute atomic E-state index is 12.2. The van der Waals surface area contributed by atoms with Crippen LogP contribution in [0.2, 0.25) is 0 Å². The Bertz CT molecular complexity index is 771. The van der Waals surface area contributed by atoms with Crippen LogP contribution in [0.3, 0.4) is 0 Å². The summed E-state index contributed by atoms with van der Waals surface area (Å²) in [5, 5.41) is 2.71. The average Bonchev–Trinajstić information content (AvgIpc) is 2.45. The molecule has 2 N–H and O–H groups in total. The Morgan fingerprint density at radius 3 is 2.04 bits per heavy atom. The first-order chi connectivity index (χ1) is 10.5. The minimum Gasteiger partial charge on any atom is -0.354 e. The lowest BCUT2D eigenvalue weighted by Crippen LogP contribution is -2.43. The van der Waals surface area contributed by atoms with Crippen molar-refractivity contribution in [2.45, 2.75) is 29.7 Å². The van der Waals surface area contributed by atoms with Crippen molar-refractivity contribution in [1.29, 1.82) is 0 Å². The van der Waals surface area contributed by atoms with Gasteiger partial charge in [-0.2, -0.15) is 0 Å². The molecule has 0 aliphatic rings. The fourth-order valence-corrected chi connectivity index (χ4v) is 4.32. The second kappa shape index (κ2) is 7.39. The van der Waals surface area contributed by atoms with E-state index >= 15 is 0 Å². The van der Waals surface area contributed by atoms with Crippen LogP contribution in [0.1, 0.15) is 13.8 Å². The van der Waals surface area contributed by atoms with E-state index in [-0.39, 0.29) is 10.8 Å². The van der Waals surface area contributed by atoms with Gasteiger partial charge in [0, 0.05) is 6.26 Å². The van der Waals surface area contributed by atoms with Gasteiger partial charge < -0.3 is 10.2 Å². The van der Waals surface area contributed by atoms with Gasteiger partial charge in [0.25, 0.3) is 10.0 Å². The number of likely N-dealkylation sites (N-methyl/N-ethyl adjacent to an activating group) is 1. The number of sulfone groups is 1. The van der Waals surface area contributed by atoms with Gasteiger partial charge in [-0.05, 0) is 30.0 Å². The molecule has 0 saturated carbocycles. The summed E-state index contributed by atoms with van der Waals surface area (Å²) in [5.74, 6) is -0.941. The second-order valence-electron chi connectivity index (χ2n) is 5.24. The number of sulfonamides is 1. The van der Waals surface area contributed by atoms with Gasteiger partial charge in [-0.15, -0.1) is 0 Å². The van der Waals surface area contributed by atoms with E-state index in [2.05, 4.69) is 10.2 Å². The van der Waals surface area contributed by atoms with E-state index in [4.69, 9.17) is 0 Å². The molecule has 0 bridgehead atoms. The Balaban J connectivity index is 3.05. The lowest BCUT2D eigenvalue weighted by Gasteiger charge is -2.18. The molecule has 130 valence electrons. The van der Waals surface area contributed by atoms with Crippen LogP contribution < -0.4 is 10.2 Å². The Kier molecular flexibility index (Phi) is 6.28. The van der Waals surface area contributed by atoms with E-state index in [1.54, 1.807) is 25.8 Å². The Morgan fingerprint density at radius 1 is 1.09 bits per heavy atom. The topological polar surface area (TPSA) is 119 Å². The van der Waals surface area contributed by atoms with Crippen molar-refractivity contribution in [2.24, 2.45) is 5.92 Å². The van der Waals surface area contributed by atoms with Crippen molar-refractivity contribution in [1.82, 2.24) is 10.2 Å². The number of carbonyl (C=O) groups is 1. The van der Waals surface area contributed by atoms with Crippen molar-refractivity contribution in [2.75, 3.05) is 13.3 Å². The monoisotopic (exact) mass is 364 g/mol. The zero-order valence-corrected chi connectivity index (χ0v) is 14.9. The van der Waals surface area contributed by atoms with Crippen molar-refractivity contribution in [3.8, 4) is 0 Å². The van der Waals surface area contributed by atoms with Crippen molar-refractivity contribution < 1.29 is 26.5 Å². The molecule has 0 amide bonds. The van der Waals surface area contributed by atoms with Gasteiger partial charge in [0.1, 0.15) is 10.9 Å². The Labute approximate surface area is 136 Å². The molecule has 0 radical (unpaired) electrons. The summed E-state index contributed by atoms with van der Waals surface area (Å²) < 4.78 is 47.8. The Hall–Kier alpha value is -1.49. The summed E-state index contributed by atoms with van der Waals surface area (Å²) >= 11 is 0. The van der Waals surface area contributed by atoms with E-state index in [0.29, 0.717) is 0 Å². The number of hydrogen-bond acceptors (Lipinski definition) is 7. The number of carbonyl (C=O) groups excluding carboxylic acids is 1. The van der Waals surface area contributed by atoms with Gasteiger partial charge in [-0.3, -0.25) is 0 Å². The second-order valence-corrected chi connectivity index (χ2v) is 8.83. The third-order valence-corrected chi connectivity index (χ3v) is 5.54. The first kappa shape index (κ1) is 19.6. The van der Waals surface area contributed by atoms with E-state index in [1.165, 1.54) is 12.1 Å². The number of rotatable bonds is 7. The third kappa shape index (κ3) is 4.99. The molecule has 8 nitrogen and oxygen atoms in total. The molecule has 0 spiro atoms. The third-order valence-electron chi connectivity index (χ3n) is 3.02. The first-order valence-electron chi connectivity index (χ1n) is 6.69. The predicted molar refractivity (Wildman–Crippen MR) is 83.7 cm³/mol. The standard InChI is InChI=1S/C13H20N2O6S2/c1-9(2)12(14-3)13(16)21-15-23(19,20)11-8-6-5-7-10(11)22(4,17)18/h5-9,12,14-15H,1-4H3/t12-/m0/s1. The molecule has 10 heteroatoms. The van der Waals surface area contributed by atoms with Crippen molar-refractivity contribution in [3.63, 3.8) is 0 Å². The molecule has 0 unspecified atom stereocenters. The summed E-state index contributed by atoms with van der Waals surface area (Å²) in [4.78, 5) is 17.3. The lowest BCUT2D eigenvalue weighted by atomic mass is 10.1. The highest BCUT2D eigenvalue weighted by Crippen LogP contribution is 2.20. The van der Waals surface area contributed by atoms with Gasteiger partial charge in [0.05, 0.1) is 4.90 Å². The summed E-state index contributed by atoms with van der Waals surface area (Å²) in [6, 6.07) is 4.34. The SMILES string of the molecule is CN[C@H](C(=O)ONS(=O)(=O)c1ccccc1S(C)(=O)=O)C(C)C. The van der Waals surface area contributed by atoms with Gasteiger partial charge in [0.15, 0.2) is 9.84 Å². The molecule has 0 heterocycles. The quantitative estimate of drug-likeness (QED) is 0.657. The van der Waals surface area contributed by atoms with Crippen LogP contribution in [0.25, 0.3) is 0 Å². The van der Waals surface area contributed by atoms with Crippen LogP contribution in [-0.4, -0.2) is 42.2 Å². The van der Waals surface area contributed by atoms with Crippen molar-refractivity contribution in [3.05, 3.63) is 24.3 Å². The largest absolute Gasteiger partial charge is 0.354 e. The maximum Gasteiger partial charge on any atom is 0.343 e. The lowest BCUT2D eigenvalue weighted by molar-refractivity contribution is -0.150. The predicted octanol–water partition coefficient (Wildman–Crippen LogP) is 0.0706. The molecule has 0 saturated heterocycles. The highest BCUT2D eigenvalue weighted by atomic mass is 32.2. The molecule has 23 heavy (non-hydrogen) atoms. The van der Waals surface area contributed by atoms with Crippen LogP contribution in [0, 0.1) is 5.92 Å². The Morgan fingerprint density at radius 2 is 1.61 bits per heavy atom. The molecule has 1 aromatic rings. The first-order valence-corrected chi connectivity index (χ1v) is 10.1. The zero-order chi connectivity index (χ0) is 17.8. The zero-order valence-electron chi connectivity index (χ0n) is 13.2. The van der Waals surface area contributed by atoms with Gasteiger partial charge in [-0.1, -0.05) is 26.0 Å². The smallest absolute Gasteiger partial charge is 0.343 e. The summed E-state index contributed by atoms with van der Waals surface area (Å²) in [6.45, 7) is 3.52. The van der Waals surface area contributed by atoms with Crippen LogP contribution in [0.4, 0.5) is 0 Å². The van der Waals surface area contributed by atoms with E-state index in [0.717, 1.165) is 18.4 Å². The van der Waals surface area contributed by atoms with Gasteiger partial charge >= 0.3 is 5.97 Å². The summed E-state index contributed by atoms with van der Waals surface area (Å²) in [6.07, 6.45) is 0.892. The number of benzene rings is 1. The van der Waals surface area contributed by atoms with Crippen LogP contribution in [0.5, 0.6) is 0 Å². The van der Waals surface area contributed by atoms with Gasteiger partial charge in [-0.25, -0.2) is 21.6 Å². The molecule has 0 aliphatic heterocycles. The fraction of sp³-hybridized carbons (Fsp3) is 0.462. The van der Waals surface area contributed by atoms with E-state index in [1.807, 2.05) is 0 Å². The van der Waals surface area contributed by atoms with Gasteiger partial charge in [0.2, 0.25) is 0 Å². The highest BCUT2D eigenvalue weighted by molar-refractivity contribution is 7.93. The van der Waals surface area contributed by atoms with Crippen LogP contribution >= 0.6 is 0 Å². The number of nitrogens with one attached hydrogen (secondary N) is 2. The van der Waals surface area contributed by atoms with Crippen molar-refractivity contribution >= 4 is 25.8 Å². The van der Waals surface area contributed by atoms with Crippen LogP contribution in [-0.2, 0) is 29.5 Å². The minimum atomic E-state index is -4.34. The maximum atomic E-state index is 12.2. The molecule has 0 fully saturated rings. The highest BCUT2D eigenvalue weighted by Gasteiger charge is 2.27. The van der Waals surface area contributed by atoms with E-state index < -0.39 is 36.8 Å². The minimum absolute atomic E-state index is 0.125. The molecule has 1 rings (SSSR count). The normalized spacial score (nSPS) is 13.8. The molecular weight excluding hydrogens is 344 g/mol. The molecular formula is C13H20N2O6S2. The van der Waals surface area contributed by atoms with E-state index in [9.17, 15) is 21.6 Å². The number of hydrogen-bond donors (Lipinski definition) is 2. The van der Waals surface area contributed by atoms with Crippen LogP contribution in [0.15, 0.2) is 34.1 Å². The average molecular weight is 364 g/mol. The summed E-state index contributed by atoms with van der Waals surface area (Å²) in [7, 11) is -6.56. The molecule has 0 aromatic heterocycles. The molecule has 1 atom stereocenters. The fourth-order valence-electron chi connectivity index (χ4n) is 1.91. The molecule has 1 aromatic carbocycles. The molecule has 0 aliphatic carbocycles. The summed E-state index contributed by atoms with van der Waals surface area (Å²) in [5.41, 5.74) is 0.